The third kappa shape index (κ3) is 4.50. The van der Waals surface area contributed by atoms with E-state index in [4.69, 9.17) is 0 Å². The summed E-state index contributed by atoms with van der Waals surface area (Å²) in [7, 11) is 2.83. The van der Waals surface area contributed by atoms with Crippen LogP contribution in [-0.4, -0.2) is 37.6 Å². The largest absolute Gasteiger partial charge is 0.453 e. The minimum atomic E-state index is -0.806. The van der Waals surface area contributed by atoms with Crippen molar-refractivity contribution in [1.29, 1.82) is 0 Å². The number of halogens is 1. The van der Waals surface area contributed by atoms with E-state index in [-0.39, 0.29) is 18.9 Å². The van der Waals surface area contributed by atoms with Gasteiger partial charge in [-0.15, -0.1) is 0 Å². The summed E-state index contributed by atoms with van der Waals surface area (Å²) in [5.41, 5.74) is 0.492. The van der Waals surface area contributed by atoms with Crippen LogP contribution in [0.5, 0.6) is 0 Å². The molecule has 0 saturated carbocycles. The van der Waals surface area contributed by atoms with Crippen molar-refractivity contribution >= 4 is 12.0 Å². The number of carbonyl (C=O) groups excluding carboxylic acids is 2. The summed E-state index contributed by atoms with van der Waals surface area (Å²) in [6.45, 7) is 0.255. The highest BCUT2D eigenvalue weighted by Crippen LogP contribution is 2.08. The van der Waals surface area contributed by atoms with E-state index in [1.54, 1.807) is 30.1 Å². The molecular weight excluding hydrogens is 239 g/mol. The van der Waals surface area contributed by atoms with Crippen LogP contribution in [-0.2, 0) is 16.1 Å². The average Bonchev–Trinajstić information content (AvgIpc) is 2.31. The average molecular weight is 254 g/mol. The molecule has 0 bridgehead atoms. The minimum Gasteiger partial charge on any atom is -0.453 e. The van der Waals surface area contributed by atoms with Crippen molar-refractivity contribution in [2.24, 2.45) is 0 Å². The van der Waals surface area contributed by atoms with Crippen LogP contribution in [0.25, 0.3) is 0 Å². The van der Waals surface area contributed by atoms with Gasteiger partial charge in [0.15, 0.2) is 0 Å². The first-order chi connectivity index (χ1) is 8.52. The number of carbonyl (C=O) groups is 2. The molecule has 18 heavy (non-hydrogen) atoms. The van der Waals surface area contributed by atoms with E-state index in [2.05, 4.69) is 4.74 Å². The molecule has 0 unspecified atom stereocenters. The molecule has 0 aliphatic heterocycles. The highest BCUT2D eigenvalue weighted by molar-refractivity contribution is 5.92. The Bertz CT molecular complexity index is 437. The molecule has 2 amide bonds. The number of imide groups is 1. The standard InChI is InChI=1S/C12H15FN2O3/c1-15(8-11(16)14-12(17)18-2)7-9-5-3-4-6-10(9)13/h3-6H,7-8H2,1-2H3,(H,14,16,17). The van der Waals surface area contributed by atoms with Gasteiger partial charge in [0.05, 0.1) is 13.7 Å². The van der Waals surface area contributed by atoms with E-state index in [1.165, 1.54) is 13.2 Å². The number of methoxy groups -OCH3 is 1. The maximum absolute atomic E-state index is 13.4. The number of nitrogens with one attached hydrogen (secondary N) is 1. The minimum absolute atomic E-state index is 0.0244. The van der Waals surface area contributed by atoms with E-state index in [1.807, 2.05) is 5.32 Å². The molecule has 0 aliphatic carbocycles. The van der Waals surface area contributed by atoms with Gasteiger partial charge >= 0.3 is 6.09 Å². The second kappa shape index (κ2) is 6.70. The second-order valence-corrected chi connectivity index (χ2v) is 3.80. The van der Waals surface area contributed by atoms with Gasteiger partial charge in [-0.05, 0) is 13.1 Å². The van der Waals surface area contributed by atoms with E-state index >= 15 is 0 Å². The van der Waals surface area contributed by atoms with E-state index in [9.17, 15) is 14.0 Å². The maximum atomic E-state index is 13.4. The van der Waals surface area contributed by atoms with E-state index in [0.717, 1.165) is 0 Å². The lowest BCUT2D eigenvalue weighted by Gasteiger charge is -2.16. The zero-order chi connectivity index (χ0) is 13.5. The molecule has 0 aromatic heterocycles. The van der Waals surface area contributed by atoms with E-state index < -0.39 is 12.0 Å². The fourth-order valence-electron chi connectivity index (χ4n) is 1.42. The molecule has 0 fully saturated rings. The van der Waals surface area contributed by atoms with Gasteiger partial charge in [-0.2, -0.15) is 0 Å². The number of benzene rings is 1. The van der Waals surface area contributed by atoms with Crippen LogP contribution in [0.4, 0.5) is 9.18 Å². The highest BCUT2D eigenvalue weighted by Gasteiger charge is 2.11. The van der Waals surface area contributed by atoms with Crippen molar-refractivity contribution in [2.75, 3.05) is 20.7 Å². The van der Waals surface area contributed by atoms with Gasteiger partial charge < -0.3 is 4.74 Å². The first kappa shape index (κ1) is 14.1. The Morgan fingerprint density at radius 3 is 2.67 bits per heavy atom. The van der Waals surface area contributed by atoms with Crippen molar-refractivity contribution in [3.05, 3.63) is 35.6 Å². The molecule has 1 rings (SSSR count). The summed E-state index contributed by atoms with van der Waals surface area (Å²) in [5.74, 6) is -0.821. The number of hydrogen-bond acceptors (Lipinski definition) is 4. The smallest absolute Gasteiger partial charge is 0.413 e. The van der Waals surface area contributed by atoms with Crippen LogP contribution in [0.2, 0.25) is 0 Å². The Morgan fingerprint density at radius 1 is 1.39 bits per heavy atom. The molecule has 1 aromatic rings. The fraction of sp³-hybridized carbons (Fsp3) is 0.333. The van der Waals surface area contributed by atoms with Gasteiger partial charge in [-0.1, -0.05) is 18.2 Å². The molecular formula is C12H15FN2O3. The van der Waals surface area contributed by atoms with Gasteiger partial charge in [0.1, 0.15) is 5.82 Å². The SMILES string of the molecule is COC(=O)NC(=O)CN(C)Cc1ccccc1F. The van der Waals surface area contributed by atoms with Crippen LogP contribution >= 0.6 is 0 Å². The van der Waals surface area contributed by atoms with Gasteiger partial charge in [-0.25, -0.2) is 9.18 Å². The predicted molar refractivity (Wildman–Crippen MR) is 63.3 cm³/mol. The number of nitrogens with zero attached hydrogens (tertiary/aromatic N) is 1. The Morgan fingerprint density at radius 2 is 2.06 bits per heavy atom. The lowest BCUT2D eigenvalue weighted by atomic mass is 10.2. The number of likely N-dealkylation sites (N-methyl/N-ethyl adjacent to an activating group) is 1. The lowest BCUT2D eigenvalue weighted by molar-refractivity contribution is -0.121. The van der Waals surface area contributed by atoms with E-state index in [0.29, 0.717) is 5.56 Å². The van der Waals surface area contributed by atoms with Crippen LogP contribution in [0.15, 0.2) is 24.3 Å². The number of ether oxygens (including phenoxy) is 1. The summed E-state index contributed by atoms with van der Waals surface area (Å²) in [5, 5.41) is 2.03. The summed E-state index contributed by atoms with van der Waals surface area (Å²) >= 11 is 0. The molecule has 1 aromatic carbocycles. The number of amides is 2. The Labute approximate surface area is 105 Å². The van der Waals surface area contributed by atoms with Gasteiger partial charge in [0.2, 0.25) is 5.91 Å². The van der Waals surface area contributed by atoms with Crippen LogP contribution in [0.1, 0.15) is 5.56 Å². The molecule has 1 N–H and O–H groups in total. The zero-order valence-corrected chi connectivity index (χ0v) is 10.3. The molecule has 5 nitrogen and oxygen atoms in total. The zero-order valence-electron chi connectivity index (χ0n) is 10.3. The quantitative estimate of drug-likeness (QED) is 0.875. The molecule has 98 valence electrons. The molecule has 6 heteroatoms. The van der Waals surface area contributed by atoms with Gasteiger partial charge in [0, 0.05) is 12.1 Å². The summed E-state index contributed by atoms with van der Waals surface area (Å²) in [6.07, 6.45) is -0.806. The molecule has 0 spiro atoms. The van der Waals surface area contributed by atoms with Crippen molar-refractivity contribution in [3.8, 4) is 0 Å². The van der Waals surface area contributed by atoms with Crippen LogP contribution in [0, 0.1) is 5.82 Å². The third-order valence-corrected chi connectivity index (χ3v) is 2.24. The van der Waals surface area contributed by atoms with Crippen molar-refractivity contribution in [1.82, 2.24) is 10.2 Å². The summed E-state index contributed by atoms with van der Waals surface area (Å²) < 4.78 is 17.6. The molecule has 0 heterocycles. The summed E-state index contributed by atoms with van der Waals surface area (Å²) in [4.78, 5) is 23.7. The first-order valence-electron chi connectivity index (χ1n) is 5.32. The van der Waals surface area contributed by atoms with Crippen molar-refractivity contribution < 1.29 is 18.7 Å². The highest BCUT2D eigenvalue weighted by atomic mass is 19.1. The lowest BCUT2D eigenvalue weighted by Crippen LogP contribution is -2.38. The van der Waals surface area contributed by atoms with Crippen molar-refractivity contribution in [3.63, 3.8) is 0 Å². The second-order valence-electron chi connectivity index (χ2n) is 3.80. The Kier molecular flexibility index (Phi) is 5.26. The number of hydrogen-bond donors (Lipinski definition) is 1. The van der Waals surface area contributed by atoms with Gasteiger partial charge in [-0.3, -0.25) is 15.0 Å². The monoisotopic (exact) mass is 254 g/mol. The number of alkyl carbamates (subject to hydrolysis) is 1. The predicted octanol–water partition coefficient (Wildman–Crippen LogP) is 1.14. The van der Waals surface area contributed by atoms with Gasteiger partial charge in [0.25, 0.3) is 0 Å². The topological polar surface area (TPSA) is 58.6 Å². The first-order valence-corrected chi connectivity index (χ1v) is 5.32. The Hall–Kier alpha value is -1.95. The fourth-order valence-corrected chi connectivity index (χ4v) is 1.42. The molecule has 0 atom stereocenters. The summed E-state index contributed by atoms with van der Waals surface area (Å²) in [6, 6.07) is 6.32. The van der Waals surface area contributed by atoms with Crippen LogP contribution < -0.4 is 5.32 Å². The maximum Gasteiger partial charge on any atom is 0.413 e. The third-order valence-electron chi connectivity index (χ3n) is 2.24. The molecule has 0 radical (unpaired) electrons. The Balaban J connectivity index is 2.47. The molecule has 0 saturated heterocycles. The molecule has 0 aliphatic rings. The number of rotatable bonds is 4. The van der Waals surface area contributed by atoms with Crippen LogP contribution in [0.3, 0.4) is 0 Å². The van der Waals surface area contributed by atoms with Crippen molar-refractivity contribution in [2.45, 2.75) is 6.54 Å². The normalized spacial score (nSPS) is 10.2.